The number of benzene rings is 2. The van der Waals surface area contributed by atoms with Gasteiger partial charge >= 0.3 is 6.11 Å². The van der Waals surface area contributed by atoms with Gasteiger partial charge in [-0.2, -0.15) is 8.78 Å². The first-order chi connectivity index (χ1) is 18.3. The van der Waals surface area contributed by atoms with Crippen LogP contribution < -0.4 is 0 Å². The molecule has 2 aliphatic rings. The molecule has 0 amide bonds. The number of hydrogen-bond donors (Lipinski definition) is 0. The van der Waals surface area contributed by atoms with E-state index in [0.29, 0.717) is 17.4 Å². The predicted octanol–water partition coefficient (Wildman–Crippen LogP) is 11.0. The third-order valence-corrected chi connectivity index (χ3v) is 9.15. The van der Waals surface area contributed by atoms with Gasteiger partial charge in [0.15, 0.2) is 0 Å². The lowest BCUT2D eigenvalue weighted by Crippen LogP contribution is -2.22. The highest BCUT2D eigenvalue weighted by Gasteiger charge is 2.38. The van der Waals surface area contributed by atoms with Crippen LogP contribution in [0.5, 0.6) is 0 Å². The van der Waals surface area contributed by atoms with Gasteiger partial charge in [-0.1, -0.05) is 56.2 Å². The van der Waals surface area contributed by atoms with Crippen molar-refractivity contribution in [2.75, 3.05) is 0 Å². The highest BCUT2D eigenvalue weighted by molar-refractivity contribution is 5.30. The Balaban J connectivity index is 1.34. The van der Waals surface area contributed by atoms with Crippen molar-refractivity contribution in [3.05, 3.63) is 83.2 Å². The fraction of sp³-hybridized carbons (Fsp3) is 0.588. The van der Waals surface area contributed by atoms with Crippen molar-refractivity contribution >= 4 is 0 Å². The molecular weight excluding hydrogens is 481 g/mol. The molecule has 0 bridgehead atoms. The Hall–Kier alpha value is -2.07. The smallest absolute Gasteiger partial charge is 0.309 e. The largest absolute Gasteiger partial charge is 0.386 e. The van der Waals surface area contributed by atoms with Gasteiger partial charge in [0.2, 0.25) is 0 Å². The summed E-state index contributed by atoms with van der Waals surface area (Å²) in [6.07, 6.45) is 11.2. The van der Waals surface area contributed by atoms with E-state index >= 15 is 8.78 Å². The van der Waals surface area contributed by atoms with Crippen LogP contribution in [0, 0.1) is 17.7 Å². The molecule has 2 aliphatic carbocycles. The molecule has 0 spiro atoms. The Morgan fingerprint density at radius 1 is 0.868 bits per heavy atom. The van der Waals surface area contributed by atoms with Crippen LogP contribution in [-0.2, 0) is 10.8 Å². The third-order valence-electron chi connectivity index (χ3n) is 9.15. The molecule has 4 heteroatoms. The fourth-order valence-corrected chi connectivity index (χ4v) is 6.74. The lowest BCUT2D eigenvalue weighted by molar-refractivity contribution is -0.273. The Kier molecular flexibility index (Phi) is 10.1. The second-order valence-corrected chi connectivity index (χ2v) is 11.8. The van der Waals surface area contributed by atoms with Gasteiger partial charge in [0.25, 0.3) is 0 Å². The number of allylic oxidation sites excluding steroid dienone is 1. The van der Waals surface area contributed by atoms with Gasteiger partial charge in [-0.15, -0.1) is 6.58 Å². The van der Waals surface area contributed by atoms with Gasteiger partial charge in [-0.3, -0.25) is 0 Å². The van der Waals surface area contributed by atoms with Crippen LogP contribution in [-0.4, -0.2) is 0 Å². The van der Waals surface area contributed by atoms with Crippen LogP contribution in [0.15, 0.2) is 55.1 Å². The lowest BCUT2D eigenvalue weighted by Gasteiger charge is -2.29. The molecule has 0 heterocycles. The minimum absolute atomic E-state index is 0.229. The average molecular weight is 527 g/mol. The number of ether oxygens (including phenoxy) is 1. The first-order valence-corrected chi connectivity index (χ1v) is 14.9. The molecule has 0 aromatic heterocycles. The topological polar surface area (TPSA) is 9.23 Å². The second-order valence-electron chi connectivity index (χ2n) is 11.8. The molecule has 1 unspecified atom stereocenters. The molecule has 38 heavy (non-hydrogen) atoms. The van der Waals surface area contributed by atoms with Crippen molar-refractivity contribution < 1.29 is 17.9 Å². The molecule has 2 aromatic carbocycles. The van der Waals surface area contributed by atoms with Gasteiger partial charge in [-0.05, 0) is 124 Å². The van der Waals surface area contributed by atoms with Crippen molar-refractivity contribution in [3.63, 3.8) is 0 Å². The maximum Gasteiger partial charge on any atom is 0.386 e. The second kappa shape index (κ2) is 13.3. The maximum absolute atomic E-state index is 15.1. The van der Waals surface area contributed by atoms with Gasteiger partial charge in [0.1, 0.15) is 5.82 Å². The summed E-state index contributed by atoms with van der Waals surface area (Å²) in [5.41, 5.74) is 2.09. The summed E-state index contributed by atoms with van der Waals surface area (Å²) in [5.74, 6) is 1.42. The molecule has 0 N–H and O–H groups in total. The number of halogens is 3. The van der Waals surface area contributed by atoms with Gasteiger partial charge < -0.3 is 4.74 Å². The molecule has 0 aliphatic heterocycles. The summed E-state index contributed by atoms with van der Waals surface area (Å²) < 4.78 is 50.3. The van der Waals surface area contributed by atoms with E-state index in [1.54, 1.807) is 13.0 Å². The summed E-state index contributed by atoms with van der Waals surface area (Å²) in [5, 5.41) is 0. The van der Waals surface area contributed by atoms with E-state index in [1.165, 1.54) is 56.2 Å². The summed E-state index contributed by atoms with van der Waals surface area (Å²) >= 11 is 0. The van der Waals surface area contributed by atoms with Gasteiger partial charge in [0.05, 0.1) is 11.7 Å². The zero-order chi connectivity index (χ0) is 27.1. The van der Waals surface area contributed by atoms with Crippen molar-refractivity contribution in [2.45, 2.75) is 115 Å². The van der Waals surface area contributed by atoms with E-state index < -0.39 is 23.6 Å². The Labute approximate surface area is 227 Å². The average Bonchev–Trinajstić information content (AvgIpc) is 2.92. The van der Waals surface area contributed by atoms with E-state index in [0.717, 1.165) is 50.0 Å². The van der Waals surface area contributed by atoms with Gasteiger partial charge in [0, 0.05) is 0 Å². The molecule has 208 valence electrons. The monoisotopic (exact) mass is 526 g/mol. The Morgan fingerprint density at radius 2 is 1.42 bits per heavy atom. The van der Waals surface area contributed by atoms with E-state index in [-0.39, 0.29) is 5.92 Å². The summed E-state index contributed by atoms with van der Waals surface area (Å²) in [6.45, 7) is 7.65. The molecule has 1 nitrogen and oxygen atoms in total. The van der Waals surface area contributed by atoms with Crippen LogP contribution in [0.2, 0.25) is 0 Å². The quantitative estimate of drug-likeness (QED) is 0.265. The molecule has 2 aromatic rings. The van der Waals surface area contributed by atoms with E-state index in [1.807, 2.05) is 18.2 Å². The van der Waals surface area contributed by atoms with E-state index in [4.69, 9.17) is 4.74 Å². The maximum atomic E-state index is 15.1. The lowest BCUT2D eigenvalue weighted by atomic mass is 9.77. The van der Waals surface area contributed by atoms with Crippen LogP contribution in [0.4, 0.5) is 13.2 Å². The van der Waals surface area contributed by atoms with Gasteiger partial charge in [-0.25, -0.2) is 4.39 Å². The first-order valence-electron chi connectivity index (χ1n) is 14.9. The van der Waals surface area contributed by atoms with E-state index in [9.17, 15) is 4.39 Å². The number of hydrogen-bond acceptors (Lipinski definition) is 1. The standard InChI is InChI=1S/C34H45F3O/c1-4-6-8-26-11-15-30(16-12-26)31-21-22-32(33(35)23-31)34(36,37)38-24(3)27-17-19-29(20-18-27)28-13-9-25(7-5-2)10-14-28/h4,17-26,28,30H,1,5-16H2,2-3H3. The summed E-state index contributed by atoms with van der Waals surface area (Å²) in [6, 6.07) is 12.1. The van der Waals surface area contributed by atoms with Crippen LogP contribution in [0.3, 0.4) is 0 Å². The molecule has 2 saturated carbocycles. The summed E-state index contributed by atoms with van der Waals surface area (Å²) in [4.78, 5) is 0. The Bertz CT molecular complexity index is 1010. The molecular formula is C34H45F3O. The molecule has 1 atom stereocenters. The zero-order valence-electron chi connectivity index (χ0n) is 23.2. The normalized spacial score (nSPS) is 25.2. The molecule has 2 fully saturated rings. The SMILES string of the molecule is C=CCCC1CCC(c2ccc(C(F)(F)OC(C)c3ccc(C4CCC(CCC)CC4)cc3)c(F)c2)CC1. The fourth-order valence-electron chi connectivity index (χ4n) is 6.74. The van der Waals surface area contributed by atoms with Crippen molar-refractivity contribution in [2.24, 2.45) is 11.8 Å². The summed E-state index contributed by atoms with van der Waals surface area (Å²) in [7, 11) is 0. The van der Waals surface area contributed by atoms with Crippen LogP contribution in [0.25, 0.3) is 0 Å². The first kappa shape index (κ1) is 28.9. The predicted molar refractivity (Wildman–Crippen MR) is 150 cm³/mol. The Morgan fingerprint density at radius 3 is 1.97 bits per heavy atom. The van der Waals surface area contributed by atoms with Crippen molar-refractivity contribution in [1.29, 1.82) is 0 Å². The highest BCUT2D eigenvalue weighted by Crippen LogP contribution is 2.42. The van der Waals surface area contributed by atoms with Crippen LogP contribution in [0.1, 0.15) is 131 Å². The number of alkyl halides is 2. The van der Waals surface area contributed by atoms with Crippen molar-refractivity contribution in [3.8, 4) is 0 Å². The minimum Gasteiger partial charge on any atom is -0.309 e. The zero-order valence-corrected chi connectivity index (χ0v) is 23.2. The number of rotatable bonds is 11. The third kappa shape index (κ3) is 7.31. The molecule has 4 rings (SSSR count). The molecule has 0 saturated heterocycles. The highest BCUT2D eigenvalue weighted by atomic mass is 19.3. The van der Waals surface area contributed by atoms with Crippen molar-refractivity contribution in [1.82, 2.24) is 0 Å². The minimum atomic E-state index is -3.71. The van der Waals surface area contributed by atoms with E-state index in [2.05, 4.69) is 25.6 Å². The van der Waals surface area contributed by atoms with Crippen LogP contribution >= 0.6 is 0 Å². The molecule has 0 radical (unpaired) electrons.